The average Bonchev–Trinajstić information content (AvgIpc) is 2.78. The summed E-state index contributed by atoms with van der Waals surface area (Å²) in [5.74, 6) is -0.164. The summed E-state index contributed by atoms with van der Waals surface area (Å²) in [7, 11) is 1.82. The molecule has 1 atom stereocenters. The number of nitrogens with zero attached hydrogens (tertiary/aromatic N) is 4. The lowest BCUT2D eigenvalue weighted by atomic mass is 10.4. The highest BCUT2D eigenvalue weighted by atomic mass is 35.5. The predicted molar refractivity (Wildman–Crippen MR) is 74.2 cm³/mol. The highest BCUT2D eigenvalue weighted by molar-refractivity contribution is 8.00. The summed E-state index contributed by atoms with van der Waals surface area (Å²) >= 11 is 7.21. The summed E-state index contributed by atoms with van der Waals surface area (Å²) < 4.78 is 1.76. The van der Waals surface area contributed by atoms with E-state index in [1.54, 1.807) is 36.1 Å². The number of halogens is 1. The van der Waals surface area contributed by atoms with E-state index >= 15 is 0 Å². The van der Waals surface area contributed by atoms with Crippen molar-refractivity contribution in [1.82, 2.24) is 19.7 Å². The maximum Gasteiger partial charge on any atom is 0.237 e. The van der Waals surface area contributed by atoms with Crippen LogP contribution in [0.1, 0.15) is 6.92 Å². The van der Waals surface area contributed by atoms with Crippen LogP contribution < -0.4 is 5.32 Å². The second kappa shape index (κ2) is 6.03. The number of anilines is 1. The smallest absolute Gasteiger partial charge is 0.237 e. The topological polar surface area (TPSA) is 72.7 Å². The molecule has 100 valence electrons. The van der Waals surface area contributed by atoms with Gasteiger partial charge in [-0.2, -0.15) is 0 Å². The Labute approximate surface area is 119 Å². The van der Waals surface area contributed by atoms with Crippen molar-refractivity contribution in [3.63, 3.8) is 0 Å². The summed E-state index contributed by atoms with van der Waals surface area (Å²) in [5.41, 5.74) is 0.500. The van der Waals surface area contributed by atoms with Crippen LogP contribution in [0.4, 0.5) is 5.69 Å². The minimum atomic E-state index is -0.320. The number of aryl methyl sites for hydroxylation is 1. The van der Waals surface area contributed by atoms with E-state index in [-0.39, 0.29) is 16.3 Å². The highest BCUT2D eigenvalue weighted by Crippen LogP contribution is 2.23. The molecule has 0 radical (unpaired) electrons. The largest absolute Gasteiger partial charge is 0.322 e. The van der Waals surface area contributed by atoms with Gasteiger partial charge in [-0.05, 0) is 19.1 Å². The minimum absolute atomic E-state index is 0.164. The number of thioether (sulfide) groups is 1. The van der Waals surface area contributed by atoms with Crippen LogP contribution in [0.2, 0.25) is 5.15 Å². The molecule has 2 aromatic rings. The Morgan fingerprint density at radius 1 is 1.58 bits per heavy atom. The first-order valence-electron chi connectivity index (χ1n) is 5.50. The van der Waals surface area contributed by atoms with Gasteiger partial charge < -0.3 is 9.88 Å². The molecule has 0 spiro atoms. The van der Waals surface area contributed by atoms with Gasteiger partial charge in [0.1, 0.15) is 6.33 Å². The molecule has 0 aliphatic rings. The van der Waals surface area contributed by atoms with E-state index in [9.17, 15) is 4.79 Å². The number of amides is 1. The third kappa shape index (κ3) is 3.45. The van der Waals surface area contributed by atoms with Gasteiger partial charge in [0.25, 0.3) is 0 Å². The number of hydrogen-bond donors (Lipinski definition) is 1. The van der Waals surface area contributed by atoms with E-state index in [0.29, 0.717) is 10.8 Å². The molecule has 1 N–H and O–H groups in total. The number of hydrogen-bond acceptors (Lipinski definition) is 5. The molecule has 2 aromatic heterocycles. The van der Waals surface area contributed by atoms with E-state index in [1.807, 2.05) is 7.05 Å². The number of aromatic nitrogens is 4. The van der Waals surface area contributed by atoms with Crippen LogP contribution in [0.15, 0.2) is 29.8 Å². The third-order valence-electron chi connectivity index (χ3n) is 2.34. The minimum Gasteiger partial charge on any atom is -0.322 e. The molecular formula is C11H12ClN5OS. The lowest BCUT2D eigenvalue weighted by Crippen LogP contribution is -2.23. The van der Waals surface area contributed by atoms with Crippen LogP contribution in [0, 0.1) is 0 Å². The van der Waals surface area contributed by atoms with Crippen LogP contribution in [0.5, 0.6) is 0 Å². The van der Waals surface area contributed by atoms with E-state index < -0.39 is 0 Å². The first kappa shape index (κ1) is 13.8. The molecule has 0 aliphatic carbocycles. The van der Waals surface area contributed by atoms with Crippen molar-refractivity contribution in [3.8, 4) is 0 Å². The van der Waals surface area contributed by atoms with Gasteiger partial charge in [0, 0.05) is 13.2 Å². The van der Waals surface area contributed by atoms with Crippen molar-refractivity contribution < 1.29 is 4.79 Å². The number of carbonyl (C=O) groups excluding carboxylic acids is 1. The fraction of sp³-hybridized carbons (Fsp3) is 0.273. The van der Waals surface area contributed by atoms with Gasteiger partial charge in [0.2, 0.25) is 5.91 Å². The second-order valence-corrected chi connectivity index (χ2v) is 5.48. The summed E-state index contributed by atoms with van der Waals surface area (Å²) in [6.45, 7) is 1.79. The molecule has 0 saturated carbocycles. The van der Waals surface area contributed by atoms with Gasteiger partial charge in [-0.25, -0.2) is 4.98 Å². The second-order valence-electron chi connectivity index (χ2n) is 3.82. The highest BCUT2D eigenvalue weighted by Gasteiger charge is 2.18. The zero-order valence-corrected chi connectivity index (χ0v) is 11.9. The van der Waals surface area contributed by atoms with Crippen LogP contribution in [-0.2, 0) is 11.8 Å². The molecule has 1 amide bonds. The first-order chi connectivity index (χ1) is 9.08. The Balaban J connectivity index is 2.00. The predicted octanol–water partition coefficient (Wildman–Crippen LogP) is 1.98. The Kier molecular flexibility index (Phi) is 4.39. The Hall–Kier alpha value is -1.60. The van der Waals surface area contributed by atoms with Gasteiger partial charge in [-0.3, -0.25) is 4.79 Å². The molecule has 0 fully saturated rings. The molecular weight excluding hydrogens is 286 g/mol. The van der Waals surface area contributed by atoms with E-state index in [4.69, 9.17) is 11.6 Å². The van der Waals surface area contributed by atoms with Crippen molar-refractivity contribution in [3.05, 3.63) is 29.8 Å². The van der Waals surface area contributed by atoms with Crippen LogP contribution in [0.25, 0.3) is 0 Å². The normalized spacial score (nSPS) is 12.2. The van der Waals surface area contributed by atoms with Crippen LogP contribution >= 0.6 is 23.4 Å². The molecule has 2 rings (SSSR count). The Morgan fingerprint density at radius 3 is 3.00 bits per heavy atom. The lowest BCUT2D eigenvalue weighted by Gasteiger charge is -2.11. The maximum atomic E-state index is 12.0. The van der Waals surface area contributed by atoms with Crippen molar-refractivity contribution in [2.24, 2.45) is 7.05 Å². The van der Waals surface area contributed by atoms with Crippen molar-refractivity contribution in [1.29, 1.82) is 0 Å². The third-order valence-corrected chi connectivity index (χ3v) is 3.79. The monoisotopic (exact) mass is 297 g/mol. The quantitative estimate of drug-likeness (QED) is 0.690. The fourth-order valence-electron chi connectivity index (χ4n) is 1.30. The number of carbonyl (C=O) groups is 1. The zero-order valence-electron chi connectivity index (χ0n) is 10.4. The van der Waals surface area contributed by atoms with E-state index in [0.717, 1.165) is 0 Å². The molecule has 8 heteroatoms. The molecule has 0 unspecified atom stereocenters. The molecule has 0 aromatic carbocycles. The molecule has 0 bridgehead atoms. The van der Waals surface area contributed by atoms with Gasteiger partial charge in [0.15, 0.2) is 10.3 Å². The lowest BCUT2D eigenvalue weighted by molar-refractivity contribution is -0.115. The summed E-state index contributed by atoms with van der Waals surface area (Å²) in [4.78, 5) is 15.9. The summed E-state index contributed by atoms with van der Waals surface area (Å²) in [5, 5.41) is 11.0. The van der Waals surface area contributed by atoms with E-state index in [2.05, 4.69) is 20.5 Å². The standard InChI is InChI=1S/C11H12ClN5OS/c1-7(19-11-16-14-6-17(11)2)10(18)15-8-4-3-5-13-9(8)12/h3-7H,1-2H3,(H,15,18)/t7-/m1/s1. The van der Waals surface area contributed by atoms with Crippen LogP contribution in [-0.4, -0.2) is 30.9 Å². The molecule has 2 heterocycles. The molecule has 6 nitrogen and oxygen atoms in total. The van der Waals surface area contributed by atoms with Crippen LogP contribution in [0.3, 0.4) is 0 Å². The number of pyridine rings is 1. The van der Waals surface area contributed by atoms with Gasteiger partial charge in [-0.1, -0.05) is 23.4 Å². The molecule has 19 heavy (non-hydrogen) atoms. The van der Waals surface area contributed by atoms with E-state index in [1.165, 1.54) is 11.8 Å². The SMILES string of the molecule is C[C@@H](Sc1nncn1C)C(=O)Nc1cccnc1Cl. The van der Waals surface area contributed by atoms with Gasteiger partial charge in [0.05, 0.1) is 10.9 Å². The summed E-state index contributed by atoms with van der Waals surface area (Å²) in [6.07, 6.45) is 3.15. The first-order valence-corrected chi connectivity index (χ1v) is 6.75. The fourth-order valence-corrected chi connectivity index (χ4v) is 2.26. The molecule has 0 aliphatic heterocycles. The molecule has 0 saturated heterocycles. The number of nitrogens with one attached hydrogen (secondary N) is 1. The van der Waals surface area contributed by atoms with Crippen molar-refractivity contribution in [2.45, 2.75) is 17.3 Å². The van der Waals surface area contributed by atoms with Gasteiger partial charge in [-0.15, -0.1) is 10.2 Å². The average molecular weight is 298 g/mol. The van der Waals surface area contributed by atoms with Crippen molar-refractivity contribution >= 4 is 35.0 Å². The van der Waals surface area contributed by atoms with Crippen molar-refractivity contribution in [2.75, 3.05) is 5.32 Å². The maximum absolute atomic E-state index is 12.0. The van der Waals surface area contributed by atoms with Gasteiger partial charge >= 0.3 is 0 Å². The Bertz CT molecular complexity index is 588. The zero-order chi connectivity index (χ0) is 13.8. The number of rotatable bonds is 4. The Morgan fingerprint density at radius 2 is 2.37 bits per heavy atom. The summed E-state index contributed by atoms with van der Waals surface area (Å²) in [6, 6.07) is 3.41.